The van der Waals surface area contributed by atoms with Crippen molar-refractivity contribution in [1.29, 1.82) is 0 Å². The number of alkyl halides is 3. The van der Waals surface area contributed by atoms with Gasteiger partial charge in [0.2, 0.25) is 5.91 Å². The minimum absolute atomic E-state index is 0.126. The lowest BCUT2D eigenvalue weighted by Crippen LogP contribution is -2.26. The summed E-state index contributed by atoms with van der Waals surface area (Å²) in [5.41, 5.74) is -1.04. The summed E-state index contributed by atoms with van der Waals surface area (Å²) >= 11 is 0. The predicted octanol–water partition coefficient (Wildman–Crippen LogP) is 3.04. The molecule has 2 aromatic rings. The number of hydrogen-bond acceptors (Lipinski definition) is 3. The Balaban J connectivity index is 1.89. The topological polar surface area (TPSA) is 63.2 Å². The van der Waals surface area contributed by atoms with Crippen molar-refractivity contribution < 1.29 is 26.4 Å². The van der Waals surface area contributed by atoms with Gasteiger partial charge in [0.1, 0.15) is 0 Å². The maximum Gasteiger partial charge on any atom is 0.417 e. The first-order valence-corrected chi connectivity index (χ1v) is 9.55. The van der Waals surface area contributed by atoms with Crippen LogP contribution in [0.2, 0.25) is 0 Å². The number of halogens is 3. The van der Waals surface area contributed by atoms with Crippen molar-refractivity contribution in [3.05, 3.63) is 65.7 Å². The Bertz CT molecular complexity index is 959. The van der Waals surface area contributed by atoms with E-state index in [4.69, 9.17) is 0 Å². The Morgan fingerprint density at radius 3 is 2.30 bits per heavy atom. The highest BCUT2D eigenvalue weighted by Gasteiger charge is 2.32. The van der Waals surface area contributed by atoms with Gasteiger partial charge in [-0.25, -0.2) is 8.42 Å². The third-order valence-electron chi connectivity index (χ3n) is 3.53. The van der Waals surface area contributed by atoms with E-state index in [1.165, 1.54) is 30.3 Å². The summed E-state index contributed by atoms with van der Waals surface area (Å²) in [5.74, 6) is 3.90. The first-order chi connectivity index (χ1) is 12.7. The number of benzene rings is 2. The Morgan fingerprint density at radius 1 is 1.00 bits per heavy atom. The van der Waals surface area contributed by atoms with Crippen LogP contribution in [-0.4, -0.2) is 26.6 Å². The zero-order valence-corrected chi connectivity index (χ0v) is 14.9. The van der Waals surface area contributed by atoms with Gasteiger partial charge in [-0.05, 0) is 24.3 Å². The Labute approximate surface area is 155 Å². The van der Waals surface area contributed by atoms with Crippen molar-refractivity contribution in [2.45, 2.75) is 17.5 Å². The molecule has 1 amide bonds. The van der Waals surface area contributed by atoms with E-state index < -0.39 is 27.5 Å². The van der Waals surface area contributed by atoms with Crippen molar-refractivity contribution in [3.63, 3.8) is 0 Å². The van der Waals surface area contributed by atoms with Crippen molar-refractivity contribution >= 4 is 15.7 Å². The van der Waals surface area contributed by atoms with Gasteiger partial charge in [-0.15, -0.1) is 0 Å². The summed E-state index contributed by atoms with van der Waals surface area (Å²) in [6.45, 7) is -0.184. The van der Waals surface area contributed by atoms with E-state index in [-0.39, 0.29) is 29.2 Å². The minimum atomic E-state index is -4.51. The highest BCUT2D eigenvalue weighted by atomic mass is 32.2. The Morgan fingerprint density at radius 2 is 1.63 bits per heavy atom. The maximum absolute atomic E-state index is 12.8. The van der Waals surface area contributed by atoms with Crippen LogP contribution < -0.4 is 5.32 Å². The average molecular weight is 395 g/mol. The second-order valence-electron chi connectivity index (χ2n) is 5.50. The van der Waals surface area contributed by atoms with Gasteiger partial charge in [-0.3, -0.25) is 4.79 Å². The van der Waals surface area contributed by atoms with Gasteiger partial charge in [0.15, 0.2) is 9.84 Å². The van der Waals surface area contributed by atoms with Gasteiger partial charge in [0.25, 0.3) is 0 Å². The Kier molecular flexibility index (Phi) is 6.64. The second-order valence-corrected chi connectivity index (χ2v) is 7.61. The molecule has 0 bridgehead atoms. The van der Waals surface area contributed by atoms with Crippen molar-refractivity contribution in [1.82, 2.24) is 5.32 Å². The first-order valence-electron chi connectivity index (χ1n) is 7.90. The van der Waals surface area contributed by atoms with Crippen molar-refractivity contribution in [3.8, 4) is 11.8 Å². The molecule has 8 heteroatoms. The van der Waals surface area contributed by atoms with E-state index in [0.717, 1.165) is 6.07 Å². The van der Waals surface area contributed by atoms with Gasteiger partial charge >= 0.3 is 6.18 Å². The van der Waals surface area contributed by atoms with E-state index in [1.54, 1.807) is 18.2 Å². The molecule has 0 spiro atoms. The average Bonchev–Trinajstić information content (AvgIpc) is 2.64. The van der Waals surface area contributed by atoms with Gasteiger partial charge in [0.05, 0.1) is 22.8 Å². The molecule has 142 valence electrons. The second kappa shape index (κ2) is 8.73. The van der Waals surface area contributed by atoms with Crippen molar-refractivity contribution in [2.24, 2.45) is 0 Å². The number of sulfone groups is 1. The van der Waals surface area contributed by atoms with Crippen LogP contribution in [-0.2, 0) is 20.8 Å². The molecule has 27 heavy (non-hydrogen) atoms. The lowest BCUT2D eigenvalue weighted by molar-refractivity contribution is -0.137. The smallest absolute Gasteiger partial charge is 0.345 e. The fourth-order valence-corrected chi connectivity index (χ4v) is 3.44. The molecule has 0 heterocycles. The number of carbonyl (C=O) groups excluding carboxylic acids is 1. The van der Waals surface area contributed by atoms with Crippen LogP contribution in [0.5, 0.6) is 0 Å². The largest absolute Gasteiger partial charge is 0.417 e. The number of rotatable bonds is 5. The molecule has 0 fully saturated rings. The van der Waals surface area contributed by atoms with Crippen LogP contribution in [0.3, 0.4) is 0 Å². The highest BCUT2D eigenvalue weighted by molar-refractivity contribution is 7.91. The quantitative estimate of drug-likeness (QED) is 0.792. The predicted molar refractivity (Wildman–Crippen MR) is 94.4 cm³/mol. The first kappa shape index (κ1) is 20.5. The zero-order valence-electron chi connectivity index (χ0n) is 14.1. The van der Waals surface area contributed by atoms with Gasteiger partial charge in [-0.1, -0.05) is 42.2 Å². The highest BCUT2D eigenvalue weighted by Crippen LogP contribution is 2.31. The van der Waals surface area contributed by atoms with Crippen LogP contribution in [0.25, 0.3) is 0 Å². The standard InChI is InChI=1S/C19H16F3NO3S/c20-19(21,22)17-11-5-4-7-15(17)8-6-13-23-18(24)12-14-27(25,26)16-9-2-1-3-10-16/h1-5,7,9-11H,12-14H2,(H,23,24). The van der Waals surface area contributed by atoms with Crippen LogP contribution in [0.15, 0.2) is 59.5 Å². The van der Waals surface area contributed by atoms with Crippen LogP contribution in [0, 0.1) is 11.8 Å². The van der Waals surface area contributed by atoms with Gasteiger partial charge < -0.3 is 5.32 Å². The molecule has 0 aliphatic rings. The van der Waals surface area contributed by atoms with E-state index >= 15 is 0 Å². The van der Waals surface area contributed by atoms with Crippen molar-refractivity contribution in [2.75, 3.05) is 12.3 Å². The molecule has 0 saturated heterocycles. The molecular weight excluding hydrogens is 379 g/mol. The molecule has 0 unspecified atom stereocenters. The monoisotopic (exact) mass is 395 g/mol. The summed E-state index contributed by atoms with van der Waals surface area (Å²) in [6.07, 6.45) is -4.78. The summed E-state index contributed by atoms with van der Waals surface area (Å²) in [7, 11) is -3.57. The summed E-state index contributed by atoms with van der Waals surface area (Å²) in [4.78, 5) is 11.9. The molecule has 0 atom stereocenters. The SMILES string of the molecule is O=C(CCS(=O)(=O)c1ccccc1)NCC#Cc1ccccc1C(F)(F)F. The van der Waals surface area contributed by atoms with E-state index in [1.807, 2.05) is 0 Å². The van der Waals surface area contributed by atoms with E-state index in [0.29, 0.717) is 0 Å². The van der Waals surface area contributed by atoms with Gasteiger partial charge in [0, 0.05) is 12.0 Å². The van der Waals surface area contributed by atoms with E-state index in [9.17, 15) is 26.4 Å². The van der Waals surface area contributed by atoms with Gasteiger partial charge in [-0.2, -0.15) is 13.2 Å². The number of carbonyl (C=O) groups is 1. The van der Waals surface area contributed by atoms with E-state index in [2.05, 4.69) is 17.2 Å². The molecule has 0 aromatic heterocycles. The molecule has 1 N–H and O–H groups in total. The van der Waals surface area contributed by atoms with Crippen LogP contribution >= 0.6 is 0 Å². The number of amides is 1. The molecule has 2 rings (SSSR count). The maximum atomic E-state index is 12.8. The molecule has 0 radical (unpaired) electrons. The summed E-state index contributed by atoms with van der Waals surface area (Å²) in [5, 5.41) is 2.38. The molecule has 0 saturated carbocycles. The fraction of sp³-hybridized carbons (Fsp3) is 0.211. The normalized spacial score (nSPS) is 11.4. The molecule has 4 nitrogen and oxygen atoms in total. The third-order valence-corrected chi connectivity index (χ3v) is 5.26. The van der Waals surface area contributed by atoms with Crippen LogP contribution in [0.1, 0.15) is 17.5 Å². The molecule has 0 aliphatic heterocycles. The zero-order chi connectivity index (χ0) is 19.9. The molecule has 2 aromatic carbocycles. The summed E-state index contributed by atoms with van der Waals surface area (Å²) < 4.78 is 62.7. The number of hydrogen-bond donors (Lipinski definition) is 1. The lowest BCUT2D eigenvalue weighted by Gasteiger charge is -2.08. The fourth-order valence-electron chi connectivity index (χ4n) is 2.18. The molecule has 0 aliphatic carbocycles. The molecular formula is C19H16F3NO3S. The minimum Gasteiger partial charge on any atom is -0.345 e. The Hall–Kier alpha value is -2.79. The third kappa shape index (κ3) is 6.15. The summed E-state index contributed by atoms with van der Waals surface area (Å²) in [6, 6.07) is 12.6. The lowest BCUT2D eigenvalue weighted by atomic mass is 10.1. The number of nitrogens with one attached hydrogen (secondary N) is 1. The van der Waals surface area contributed by atoms with Crippen LogP contribution in [0.4, 0.5) is 13.2 Å².